The van der Waals surface area contributed by atoms with Crippen molar-refractivity contribution in [3.63, 3.8) is 0 Å². The first-order valence-electron chi connectivity index (χ1n) is 6.99. The fraction of sp³-hybridized carbons (Fsp3) is 0.467. The van der Waals surface area contributed by atoms with Gasteiger partial charge in [-0.3, -0.25) is 4.79 Å². The number of benzene rings is 1. The van der Waals surface area contributed by atoms with Crippen LogP contribution in [-0.2, 0) is 14.3 Å². The maximum Gasteiger partial charge on any atom is 0.328 e. The van der Waals surface area contributed by atoms with E-state index in [0.29, 0.717) is 18.1 Å². The van der Waals surface area contributed by atoms with Crippen molar-refractivity contribution in [1.29, 1.82) is 0 Å². The van der Waals surface area contributed by atoms with Crippen LogP contribution in [0, 0.1) is 0 Å². The zero-order valence-electron chi connectivity index (χ0n) is 12.4. The molecule has 1 heterocycles. The van der Waals surface area contributed by atoms with E-state index in [2.05, 4.69) is 0 Å². The zero-order chi connectivity index (χ0) is 15.9. The number of morpholine rings is 1. The molecule has 1 aliphatic heterocycles. The molecule has 2 rings (SSSR count). The van der Waals surface area contributed by atoms with Crippen molar-refractivity contribution in [2.45, 2.75) is 12.5 Å². The normalized spacial score (nSPS) is 17.9. The molecule has 120 valence electrons. The van der Waals surface area contributed by atoms with Crippen LogP contribution in [0.4, 0.5) is 0 Å². The van der Waals surface area contributed by atoms with E-state index in [-0.39, 0.29) is 32.1 Å². The minimum absolute atomic E-state index is 0.0223. The van der Waals surface area contributed by atoms with E-state index in [1.807, 2.05) is 12.1 Å². The van der Waals surface area contributed by atoms with Crippen LogP contribution in [0.1, 0.15) is 6.42 Å². The summed E-state index contributed by atoms with van der Waals surface area (Å²) in [6.07, 6.45) is 0.0990. The molecule has 1 aromatic carbocycles. The second-order valence-corrected chi connectivity index (χ2v) is 4.77. The molecule has 1 fully saturated rings. The Labute approximate surface area is 128 Å². The van der Waals surface area contributed by atoms with Crippen molar-refractivity contribution in [3.8, 4) is 11.5 Å². The van der Waals surface area contributed by atoms with E-state index in [4.69, 9.17) is 19.3 Å². The number of hydrogen-bond donors (Lipinski definition) is 1. The monoisotopic (exact) mass is 309 g/mol. The number of ether oxygens (including phenoxy) is 3. The quantitative estimate of drug-likeness (QED) is 0.835. The van der Waals surface area contributed by atoms with Gasteiger partial charge in [-0.1, -0.05) is 12.1 Å². The van der Waals surface area contributed by atoms with Crippen LogP contribution in [0.2, 0.25) is 0 Å². The van der Waals surface area contributed by atoms with Crippen LogP contribution < -0.4 is 9.47 Å². The van der Waals surface area contributed by atoms with E-state index in [0.717, 1.165) is 0 Å². The maximum absolute atomic E-state index is 12.2. The molecule has 0 aliphatic carbocycles. The van der Waals surface area contributed by atoms with Crippen molar-refractivity contribution < 1.29 is 28.9 Å². The number of rotatable bonds is 6. The minimum Gasteiger partial charge on any atom is -0.493 e. The number of carboxylic acid groups (broad SMARTS) is 1. The predicted molar refractivity (Wildman–Crippen MR) is 77.1 cm³/mol. The lowest BCUT2D eigenvalue weighted by Gasteiger charge is -2.32. The Morgan fingerprint density at radius 1 is 1.36 bits per heavy atom. The number of nitrogens with zero attached hydrogens (tertiary/aromatic N) is 1. The van der Waals surface area contributed by atoms with Gasteiger partial charge in [0.2, 0.25) is 5.91 Å². The third-order valence-electron chi connectivity index (χ3n) is 3.38. The van der Waals surface area contributed by atoms with Crippen molar-refractivity contribution in [2.75, 3.05) is 33.5 Å². The van der Waals surface area contributed by atoms with Gasteiger partial charge in [0, 0.05) is 6.54 Å². The molecule has 0 radical (unpaired) electrons. The van der Waals surface area contributed by atoms with Crippen molar-refractivity contribution in [2.24, 2.45) is 0 Å². The third kappa shape index (κ3) is 3.88. The fourth-order valence-corrected chi connectivity index (χ4v) is 2.24. The van der Waals surface area contributed by atoms with Gasteiger partial charge in [-0.15, -0.1) is 0 Å². The van der Waals surface area contributed by atoms with Gasteiger partial charge in [-0.25, -0.2) is 4.79 Å². The first-order valence-corrected chi connectivity index (χ1v) is 6.99. The van der Waals surface area contributed by atoms with Gasteiger partial charge in [0.15, 0.2) is 17.5 Å². The summed E-state index contributed by atoms with van der Waals surface area (Å²) in [4.78, 5) is 24.6. The summed E-state index contributed by atoms with van der Waals surface area (Å²) >= 11 is 0. The Kier molecular flexibility index (Phi) is 5.60. The molecule has 1 saturated heterocycles. The van der Waals surface area contributed by atoms with Crippen LogP contribution in [0.3, 0.4) is 0 Å². The zero-order valence-corrected chi connectivity index (χ0v) is 12.4. The predicted octanol–water partition coefficient (Wildman–Crippen LogP) is 0.776. The fourth-order valence-electron chi connectivity index (χ4n) is 2.24. The first-order chi connectivity index (χ1) is 10.6. The Balaban J connectivity index is 1.88. The van der Waals surface area contributed by atoms with Crippen molar-refractivity contribution >= 4 is 11.9 Å². The van der Waals surface area contributed by atoms with Gasteiger partial charge >= 0.3 is 5.97 Å². The van der Waals surface area contributed by atoms with Gasteiger partial charge in [0.25, 0.3) is 0 Å². The first kappa shape index (κ1) is 16.1. The number of carboxylic acids is 1. The number of carbonyl (C=O) groups excluding carboxylic acids is 1. The number of methoxy groups -OCH3 is 1. The Morgan fingerprint density at radius 2 is 2.09 bits per heavy atom. The van der Waals surface area contributed by atoms with Crippen molar-refractivity contribution in [3.05, 3.63) is 24.3 Å². The summed E-state index contributed by atoms with van der Waals surface area (Å²) < 4.78 is 15.8. The molecule has 1 atom stereocenters. The third-order valence-corrected chi connectivity index (χ3v) is 3.38. The molecule has 0 bridgehead atoms. The summed E-state index contributed by atoms with van der Waals surface area (Å²) in [5, 5.41) is 9.11. The number of amides is 1. The molecule has 7 nitrogen and oxygen atoms in total. The summed E-state index contributed by atoms with van der Waals surface area (Å²) in [5.41, 5.74) is 0. The molecular weight excluding hydrogens is 290 g/mol. The minimum atomic E-state index is -1.06. The van der Waals surface area contributed by atoms with E-state index in [1.54, 1.807) is 19.2 Å². The van der Waals surface area contributed by atoms with Crippen LogP contribution in [-0.4, -0.2) is 61.4 Å². The van der Waals surface area contributed by atoms with E-state index in [1.165, 1.54) is 4.90 Å². The smallest absolute Gasteiger partial charge is 0.328 e. The summed E-state index contributed by atoms with van der Waals surface area (Å²) in [7, 11) is 1.54. The number of para-hydroxylation sites is 2. The summed E-state index contributed by atoms with van der Waals surface area (Å²) in [6.45, 7) is 0.810. The van der Waals surface area contributed by atoms with E-state index in [9.17, 15) is 9.59 Å². The second kappa shape index (κ2) is 7.65. The molecule has 7 heteroatoms. The van der Waals surface area contributed by atoms with Gasteiger partial charge in [0.1, 0.15) is 0 Å². The highest BCUT2D eigenvalue weighted by atomic mass is 16.5. The van der Waals surface area contributed by atoms with Gasteiger partial charge < -0.3 is 24.2 Å². The molecule has 22 heavy (non-hydrogen) atoms. The average molecular weight is 309 g/mol. The Hall–Kier alpha value is -2.28. The highest BCUT2D eigenvalue weighted by Crippen LogP contribution is 2.25. The second-order valence-electron chi connectivity index (χ2n) is 4.77. The lowest BCUT2D eigenvalue weighted by atomic mass is 10.2. The van der Waals surface area contributed by atoms with E-state index < -0.39 is 12.0 Å². The largest absolute Gasteiger partial charge is 0.493 e. The summed E-state index contributed by atoms with van der Waals surface area (Å²) in [6, 6.07) is 6.22. The molecule has 1 aliphatic rings. The SMILES string of the molecule is COc1ccccc1OCCC(=O)N1CCOC[C@H]1C(=O)O. The van der Waals surface area contributed by atoms with Gasteiger partial charge in [-0.05, 0) is 12.1 Å². The highest BCUT2D eigenvalue weighted by molar-refractivity contribution is 5.84. The van der Waals surface area contributed by atoms with Crippen LogP contribution in [0.15, 0.2) is 24.3 Å². The standard InChI is InChI=1S/C15H19NO6/c1-20-12-4-2-3-5-13(12)22-8-6-14(17)16-7-9-21-10-11(16)15(18)19/h2-5,11H,6-10H2,1H3,(H,18,19)/t11-/m0/s1. The van der Waals surface area contributed by atoms with E-state index >= 15 is 0 Å². The summed E-state index contributed by atoms with van der Waals surface area (Å²) in [5.74, 6) is -0.177. The molecule has 1 N–H and O–H groups in total. The number of aliphatic carboxylic acids is 1. The van der Waals surface area contributed by atoms with Crippen LogP contribution >= 0.6 is 0 Å². The van der Waals surface area contributed by atoms with Gasteiger partial charge in [0.05, 0.1) is 33.4 Å². The Morgan fingerprint density at radius 3 is 2.77 bits per heavy atom. The van der Waals surface area contributed by atoms with Crippen LogP contribution in [0.5, 0.6) is 11.5 Å². The molecular formula is C15H19NO6. The highest BCUT2D eigenvalue weighted by Gasteiger charge is 2.32. The molecule has 1 aromatic rings. The lowest BCUT2D eigenvalue weighted by molar-refractivity contribution is -0.158. The topological polar surface area (TPSA) is 85.3 Å². The number of carbonyl (C=O) groups is 2. The molecule has 0 spiro atoms. The molecule has 0 saturated carbocycles. The average Bonchev–Trinajstić information content (AvgIpc) is 2.55. The number of hydrogen-bond acceptors (Lipinski definition) is 5. The molecule has 0 unspecified atom stereocenters. The Bertz CT molecular complexity index is 533. The lowest BCUT2D eigenvalue weighted by Crippen LogP contribution is -2.52. The maximum atomic E-state index is 12.2. The molecule has 0 aromatic heterocycles. The van der Waals surface area contributed by atoms with Crippen molar-refractivity contribution in [1.82, 2.24) is 4.90 Å². The van der Waals surface area contributed by atoms with Crippen LogP contribution in [0.25, 0.3) is 0 Å². The van der Waals surface area contributed by atoms with Gasteiger partial charge in [-0.2, -0.15) is 0 Å². The molecule has 1 amide bonds.